The molecule has 0 unspecified atom stereocenters. The molecule has 0 fully saturated rings. The highest BCUT2D eigenvalue weighted by atomic mass is 35.5. The molecule has 162 valence electrons. The minimum absolute atomic E-state index is 0.0719. The summed E-state index contributed by atoms with van der Waals surface area (Å²) in [7, 11) is -3.76. The second kappa shape index (κ2) is 10.4. The third kappa shape index (κ3) is 6.64. The molecule has 5 nitrogen and oxygen atoms in total. The molecule has 1 amide bonds. The fourth-order valence-corrected chi connectivity index (χ4v) is 4.95. The van der Waals surface area contributed by atoms with Gasteiger partial charge in [-0.1, -0.05) is 59.6 Å². The van der Waals surface area contributed by atoms with Crippen molar-refractivity contribution >= 4 is 62.3 Å². The summed E-state index contributed by atoms with van der Waals surface area (Å²) in [5.74, 6) is 0.306. The van der Waals surface area contributed by atoms with Crippen LogP contribution in [-0.2, 0) is 20.6 Å². The van der Waals surface area contributed by atoms with Crippen molar-refractivity contribution in [1.82, 2.24) is 0 Å². The van der Waals surface area contributed by atoms with Crippen molar-refractivity contribution < 1.29 is 13.2 Å². The van der Waals surface area contributed by atoms with Gasteiger partial charge in [-0.2, -0.15) is 0 Å². The highest BCUT2D eigenvalue weighted by Gasteiger charge is 2.24. The first-order valence-corrected chi connectivity index (χ1v) is 12.8. The zero-order valence-corrected chi connectivity index (χ0v) is 19.7. The van der Waals surface area contributed by atoms with E-state index < -0.39 is 22.5 Å². The van der Waals surface area contributed by atoms with E-state index in [0.717, 1.165) is 21.9 Å². The molecule has 0 spiro atoms. The first kappa shape index (κ1) is 23.5. The largest absolute Gasteiger partial charge is 0.325 e. The summed E-state index contributed by atoms with van der Waals surface area (Å²) in [5.41, 5.74) is 1.83. The summed E-state index contributed by atoms with van der Waals surface area (Å²) in [6, 6.07) is 22.1. The van der Waals surface area contributed by atoms with Gasteiger partial charge in [-0.15, -0.1) is 11.8 Å². The Morgan fingerprint density at radius 3 is 2.29 bits per heavy atom. The van der Waals surface area contributed by atoms with Crippen LogP contribution in [0.1, 0.15) is 5.56 Å². The Bertz CT molecular complexity index is 1160. The summed E-state index contributed by atoms with van der Waals surface area (Å²) in [6.45, 7) is -0.426. The number of carbonyl (C=O) groups excluding carboxylic acids is 1. The maximum absolute atomic E-state index is 12.5. The fourth-order valence-electron chi connectivity index (χ4n) is 2.76. The Labute approximate surface area is 196 Å². The van der Waals surface area contributed by atoms with Crippen LogP contribution < -0.4 is 9.62 Å². The first-order valence-electron chi connectivity index (χ1n) is 9.22. The van der Waals surface area contributed by atoms with E-state index in [1.54, 1.807) is 36.0 Å². The lowest BCUT2D eigenvalue weighted by Gasteiger charge is -2.23. The Balaban J connectivity index is 1.65. The number of rotatable bonds is 8. The van der Waals surface area contributed by atoms with Crippen LogP contribution in [0.15, 0.2) is 77.7 Å². The predicted octanol–water partition coefficient (Wildman–Crippen LogP) is 5.69. The highest BCUT2D eigenvalue weighted by Crippen LogP contribution is 2.33. The number of amides is 1. The summed E-state index contributed by atoms with van der Waals surface area (Å²) < 4.78 is 25.4. The Hall–Kier alpha value is -2.19. The van der Waals surface area contributed by atoms with Gasteiger partial charge in [-0.3, -0.25) is 9.10 Å². The van der Waals surface area contributed by atoms with Gasteiger partial charge in [0.25, 0.3) is 0 Å². The molecule has 3 aromatic carbocycles. The maximum atomic E-state index is 12.5. The fraction of sp³-hybridized carbons (Fsp3) is 0.136. The Morgan fingerprint density at radius 1 is 0.968 bits per heavy atom. The summed E-state index contributed by atoms with van der Waals surface area (Å²) in [4.78, 5) is 13.7. The molecule has 0 heterocycles. The molecule has 0 bridgehead atoms. The number of thioether (sulfide) groups is 1. The van der Waals surface area contributed by atoms with Crippen molar-refractivity contribution in [2.45, 2.75) is 10.6 Å². The number of benzene rings is 3. The second-order valence-corrected chi connectivity index (χ2v) is 10.4. The van der Waals surface area contributed by atoms with Crippen molar-refractivity contribution in [3.05, 3.63) is 88.4 Å². The van der Waals surface area contributed by atoms with Gasteiger partial charge in [0.1, 0.15) is 6.54 Å². The number of nitrogens with zero attached hydrogens (tertiary/aromatic N) is 1. The molecule has 9 heteroatoms. The van der Waals surface area contributed by atoms with Crippen molar-refractivity contribution in [3.8, 4) is 0 Å². The molecule has 0 saturated heterocycles. The van der Waals surface area contributed by atoms with E-state index in [1.165, 1.54) is 11.0 Å². The molecule has 3 aromatic rings. The van der Waals surface area contributed by atoms with Gasteiger partial charge in [0.2, 0.25) is 15.9 Å². The lowest BCUT2D eigenvalue weighted by Crippen LogP contribution is -2.37. The molecule has 0 aliphatic rings. The van der Waals surface area contributed by atoms with Crippen molar-refractivity contribution in [3.63, 3.8) is 0 Å². The van der Waals surface area contributed by atoms with E-state index >= 15 is 0 Å². The zero-order valence-electron chi connectivity index (χ0n) is 16.6. The molecule has 0 aromatic heterocycles. The minimum atomic E-state index is -3.76. The number of sulfonamides is 1. The van der Waals surface area contributed by atoms with E-state index in [1.807, 2.05) is 30.3 Å². The molecule has 1 N–H and O–H groups in total. The quantitative estimate of drug-likeness (QED) is 0.408. The van der Waals surface area contributed by atoms with Gasteiger partial charge in [-0.25, -0.2) is 8.42 Å². The lowest BCUT2D eigenvalue weighted by molar-refractivity contribution is -0.114. The van der Waals surface area contributed by atoms with E-state index in [2.05, 4.69) is 17.4 Å². The molecule has 31 heavy (non-hydrogen) atoms. The van der Waals surface area contributed by atoms with Gasteiger partial charge >= 0.3 is 0 Å². The summed E-state index contributed by atoms with van der Waals surface area (Å²) >= 11 is 13.9. The average molecular weight is 495 g/mol. The van der Waals surface area contributed by atoms with Crippen molar-refractivity contribution in [1.29, 1.82) is 0 Å². The lowest BCUT2D eigenvalue weighted by atomic mass is 10.2. The van der Waals surface area contributed by atoms with Crippen LogP contribution in [0, 0.1) is 0 Å². The number of hydrogen-bond acceptors (Lipinski definition) is 4. The zero-order chi connectivity index (χ0) is 22.4. The normalized spacial score (nSPS) is 11.2. The molecule has 0 radical (unpaired) electrons. The third-order valence-electron chi connectivity index (χ3n) is 4.27. The number of hydrogen-bond donors (Lipinski definition) is 1. The number of anilines is 2. The predicted molar refractivity (Wildman–Crippen MR) is 130 cm³/mol. The van der Waals surface area contributed by atoms with Gasteiger partial charge < -0.3 is 5.32 Å². The molecule has 0 aliphatic heterocycles. The van der Waals surface area contributed by atoms with Crippen molar-refractivity contribution in [2.75, 3.05) is 22.4 Å². The summed E-state index contributed by atoms with van der Waals surface area (Å²) in [5, 5.41) is 3.00. The molecule has 0 atom stereocenters. The van der Waals surface area contributed by atoms with Crippen LogP contribution >= 0.6 is 35.0 Å². The van der Waals surface area contributed by atoms with E-state index in [9.17, 15) is 13.2 Å². The van der Waals surface area contributed by atoms with E-state index in [4.69, 9.17) is 23.2 Å². The Kier molecular flexibility index (Phi) is 7.89. The van der Waals surface area contributed by atoms with Crippen LogP contribution in [0.2, 0.25) is 10.0 Å². The topological polar surface area (TPSA) is 66.5 Å². The minimum Gasteiger partial charge on any atom is -0.325 e. The number of carbonyl (C=O) groups is 1. The molecular formula is C22H20Cl2N2O3S2. The third-order valence-corrected chi connectivity index (χ3v) is 7.29. The van der Waals surface area contributed by atoms with Gasteiger partial charge in [0.15, 0.2) is 0 Å². The second-order valence-electron chi connectivity index (χ2n) is 6.69. The summed E-state index contributed by atoms with van der Waals surface area (Å²) in [6.07, 6.45) is 1.01. The standard InChI is InChI=1S/C22H20Cl2N2O3S2/c1-31(28,29)26(20-9-5-8-19(23)22(20)24)14-21(27)25-17-12-10-16(11-13-17)15-30-18-6-3-2-4-7-18/h2-13H,14-15H2,1H3,(H,25,27). The van der Waals surface area contributed by atoms with Crippen LogP contribution in [0.5, 0.6) is 0 Å². The maximum Gasteiger partial charge on any atom is 0.245 e. The molecule has 3 rings (SSSR count). The van der Waals surface area contributed by atoms with Crippen molar-refractivity contribution in [2.24, 2.45) is 0 Å². The van der Waals surface area contributed by atoms with Crippen LogP contribution in [0.3, 0.4) is 0 Å². The smallest absolute Gasteiger partial charge is 0.245 e. The Morgan fingerprint density at radius 2 is 1.65 bits per heavy atom. The van der Waals surface area contributed by atoms with Gasteiger partial charge in [0.05, 0.1) is 22.0 Å². The molecule has 0 saturated carbocycles. The van der Waals surface area contributed by atoms with Crippen LogP contribution in [0.4, 0.5) is 11.4 Å². The van der Waals surface area contributed by atoms with E-state index in [-0.39, 0.29) is 15.7 Å². The SMILES string of the molecule is CS(=O)(=O)N(CC(=O)Nc1ccc(CSc2ccccc2)cc1)c1cccc(Cl)c1Cl. The molecule has 0 aliphatic carbocycles. The van der Waals surface area contributed by atoms with Crippen LogP contribution in [0.25, 0.3) is 0 Å². The van der Waals surface area contributed by atoms with Gasteiger partial charge in [-0.05, 0) is 42.0 Å². The number of nitrogens with one attached hydrogen (secondary N) is 1. The first-order chi connectivity index (χ1) is 14.7. The number of halogens is 2. The monoisotopic (exact) mass is 494 g/mol. The van der Waals surface area contributed by atoms with Gasteiger partial charge in [0, 0.05) is 16.3 Å². The molecular weight excluding hydrogens is 475 g/mol. The highest BCUT2D eigenvalue weighted by molar-refractivity contribution is 7.98. The average Bonchev–Trinajstić information content (AvgIpc) is 2.74. The van der Waals surface area contributed by atoms with Crippen LogP contribution in [-0.4, -0.2) is 27.1 Å². The van der Waals surface area contributed by atoms with E-state index in [0.29, 0.717) is 5.69 Å².